The first-order valence-corrected chi connectivity index (χ1v) is 7.99. The number of anilines is 1. The Morgan fingerprint density at radius 3 is 2.57 bits per heavy atom. The second kappa shape index (κ2) is 7.74. The lowest BCUT2D eigenvalue weighted by Crippen LogP contribution is -2.43. The van der Waals surface area contributed by atoms with Gasteiger partial charge in [0.2, 0.25) is 0 Å². The van der Waals surface area contributed by atoms with Gasteiger partial charge in [0.25, 0.3) is 11.6 Å². The normalized spacial score (nSPS) is 12.6. The van der Waals surface area contributed by atoms with E-state index < -0.39 is 29.3 Å². The van der Waals surface area contributed by atoms with Crippen LogP contribution in [0.2, 0.25) is 0 Å². The zero-order chi connectivity index (χ0) is 20.3. The molecule has 10 heteroatoms. The zero-order valence-electron chi connectivity index (χ0n) is 14.6. The molecular weight excluding hydrogens is 372 g/mol. The zero-order valence-corrected chi connectivity index (χ0v) is 14.6. The van der Waals surface area contributed by atoms with Crippen molar-refractivity contribution < 1.29 is 33.5 Å². The van der Waals surface area contributed by atoms with Gasteiger partial charge in [-0.25, -0.2) is 9.59 Å². The van der Waals surface area contributed by atoms with Crippen LogP contribution in [-0.4, -0.2) is 43.0 Å². The molecule has 28 heavy (non-hydrogen) atoms. The maximum absolute atomic E-state index is 12.2. The number of methoxy groups -OCH3 is 1. The van der Waals surface area contributed by atoms with Crippen LogP contribution in [0.15, 0.2) is 42.5 Å². The Hall–Kier alpha value is -3.95. The molecule has 0 N–H and O–H groups in total. The van der Waals surface area contributed by atoms with E-state index >= 15 is 0 Å². The molecule has 0 unspecified atom stereocenters. The van der Waals surface area contributed by atoms with Gasteiger partial charge in [0.1, 0.15) is 18.0 Å². The fraction of sp³-hybridized carbons (Fsp3) is 0.167. The Bertz CT molecular complexity index is 955. The molecule has 10 nitrogen and oxygen atoms in total. The van der Waals surface area contributed by atoms with Crippen molar-refractivity contribution in [2.75, 3.05) is 25.2 Å². The molecule has 2 aromatic carbocycles. The van der Waals surface area contributed by atoms with Gasteiger partial charge in [-0.2, -0.15) is 0 Å². The van der Waals surface area contributed by atoms with Crippen LogP contribution >= 0.6 is 0 Å². The molecule has 0 saturated carbocycles. The third-order valence-electron chi connectivity index (χ3n) is 3.89. The van der Waals surface area contributed by atoms with E-state index in [9.17, 15) is 24.5 Å². The number of nitro benzene ring substituents is 1. The van der Waals surface area contributed by atoms with Gasteiger partial charge in [-0.15, -0.1) is 0 Å². The number of nitro groups is 1. The molecule has 3 rings (SSSR count). The first-order valence-electron chi connectivity index (χ1n) is 7.99. The topological polar surface area (TPSA) is 125 Å². The number of hydrogen-bond acceptors (Lipinski definition) is 8. The largest absolute Gasteiger partial charge is 0.482 e. The Morgan fingerprint density at radius 2 is 1.93 bits per heavy atom. The first-order chi connectivity index (χ1) is 13.4. The minimum atomic E-state index is -0.765. The van der Waals surface area contributed by atoms with Crippen LogP contribution < -0.4 is 14.4 Å². The third-order valence-corrected chi connectivity index (χ3v) is 3.89. The van der Waals surface area contributed by atoms with E-state index in [1.54, 1.807) is 0 Å². The second-order valence-electron chi connectivity index (χ2n) is 5.67. The highest BCUT2D eigenvalue weighted by molar-refractivity contribution is 6.02. The highest BCUT2D eigenvalue weighted by Gasteiger charge is 2.29. The summed E-state index contributed by atoms with van der Waals surface area (Å²) in [7, 11) is 1.25. The quantitative estimate of drug-likeness (QED) is 0.329. The Balaban J connectivity index is 1.75. The fourth-order valence-electron chi connectivity index (χ4n) is 2.55. The molecule has 0 aromatic heterocycles. The summed E-state index contributed by atoms with van der Waals surface area (Å²) in [5, 5.41) is 11.0. The first kappa shape index (κ1) is 18.8. The summed E-state index contributed by atoms with van der Waals surface area (Å²) in [6.07, 6.45) is 0. The molecule has 1 heterocycles. The molecule has 0 fully saturated rings. The average Bonchev–Trinajstić information content (AvgIpc) is 2.69. The van der Waals surface area contributed by atoms with Gasteiger partial charge < -0.3 is 14.2 Å². The standard InChI is InChI=1S/C18H14N2O8/c1-26-18(23)11-2-5-13(6-3-11)28-17(22)9-19-14-8-12(20(24)25)4-7-15(14)27-10-16(19)21/h2-8H,9-10H2,1H3. The highest BCUT2D eigenvalue weighted by atomic mass is 16.6. The van der Waals surface area contributed by atoms with Gasteiger partial charge in [-0.1, -0.05) is 0 Å². The lowest BCUT2D eigenvalue weighted by molar-refractivity contribution is -0.384. The molecule has 1 aliphatic rings. The van der Waals surface area contributed by atoms with Gasteiger partial charge in [0, 0.05) is 12.1 Å². The predicted octanol–water partition coefficient (Wildman–Crippen LogP) is 1.71. The van der Waals surface area contributed by atoms with Crippen molar-refractivity contribution in [1.82, 2.24) is 0 Å². The number of non-ortho nitro benzene ring substituents is 1. The highest BCUT2D eigenvalue weighted by Crippen LogP contribution is 2.35. The van der Waals surface area contributed by atoms with Crippen LogP contribution in [0.5, 0.6) is 11.5 Å². The van der Waals surface area contributed by atoms with Gasteiger partial charge in [-0.05, 0) is 30.3 Å². The van der Waals surface area contributed by atoms with Crippen LogP contribution in [-0.2, 0) is 14.3 Å². The van der Waals surface area contributed by atoms with Gasteiger partial charge in [0.05, 0.1) is 23.3 Å². The number of nitrogens with zero attached hydrogens (tertiary/aromatic N) is 2. The smallest absolute Gasteiger partial charge is 0.337 e. The molecule has 0 aliphatic carbocycles. The van der Waals surface area contributed by atoms with E-state index in [0.29, 0.717) is 0 Å². The van der Waals surface area contributed by atoms with Crippen molar-refractivity contribution in [2.45, 2.75) is 0 Å². The minimum absolute atomic E-state index is 0.114. The average molecular weight is 386 g/mol. The minimum Gasteiger partial charge on any atom is -0.482 e. The Morgan fingerprint density at radius 1 is 1.21 bits per heavy atom. The molecule has 0 saturated heterocycles. The summed E-state index contributed by atoms with van der Waals surface area (Å²) in [5.41, 5.74) is 0.157. The lowest BCUT2D eigenvalue weighted by Gasteiger charge is -2.28. The van der Waals surface area contributed by atoms with Crippen LogP contribution in [0, 0.1) is 10.1 Å². The fourth-order valence-corrected chi connectivity index (χ4v) is 2.55. The van der Waals surface area contributed by atoms with Crippen LogP contribution in [0.4, 0.5) is 11.4 Å². The summed E-state index contributed by atoms with van der Waals surface area (Å²) >= 11 is 0. The molecule has 1 aliphatic heterocycles. The number of amides is 1. The van der Waals surface area contributed by atoms with E-state index in [0.717, 1.165) is 11.0 Å². The van der Waals surface area contributed by atoms with Crippen molar-refractivity contribution in [3.63, 3.8) is 0 Å². The number of rotatable bonds is 5. The SMILES string of the molecule is COC(=O)c1ccc(OC(=O)CN2C(=O)COc3ccc([N+](=O)[O-])cc32)cc1. The number of esters is 2. The monoisotopic (exact) mass is 386 g/mol. The summed E-state index contributed by atoms with van der Waals surface area (Å²) < 4.78 is 15.0. The van der Waals surface area contributed by atoms with E-state index in [1.807, 2.05) is 0 Å². The lowest BCUT2D eigenvalue weighted by atomic mass is 10.2. The van der Waals surface area contributed by atoms with E-state index in [-0.39, 0.29) is 35.0 Å². The Labute approximate surface area is 158 Å². The molecule has 1 amide bonds. The number of carbonyl (C=O) groups excluding carboxylic acids is 3. The molecule has 0 spiro atoms. The molecule has 0 bridgehead atoms. The van der Waals surface area contributed by atoms with Gasteiger partial charge in [0.15, 0.2) is 6.61 Å². The molecular formula is C18H14N2O8. The molecule has 144 valence electrons. The van der Waals surface area contributed by atoms with Crippen LogP contribution in [0.1, 0.15) is 10.4 Å². The summed E-state index contributed by atoms with van der Waals surface area (Å²) in [4.78, 5) is 47.2. The molecule has 2 aromatic rings. The van der Waals surface area contributed by atoms with Crippen LogP contribution in [0.3, 0.4) is 0 Å². The number of hydrogen-bond donors (Lipinski definition) is 0. The van der Waals surface area contributed by atoms with Crippen molar-refractivity contribution in [3.8, 4) is 11.5 Å². The summed E-state index contributed by atoms with van der Waals surface area (Å²) in [6.45, 7) is -0.763. The number of benzene rings is 2. The summed E-state index contributed by atoms with van der Waals surface area (Å²) in [5.74, 6) is -1.42. The third kappa shape index (κ3) is 3.90. The number of carbonyl (C=O) groups is 3. The number of ether oxygens (including phenoxy) is 3. The van der Waals surface area contributed by atoms with Crippen molar-refractivity contribution in [2.24, 2.45) is 0 Å². The van der Waals surface area contributed by atoms with Crippen molar-refractivity contribution >= 4 is 29.2 Å². The maximum atomic E-state index is 12.2. The van der Waals surface area contributed by atoms with Crippen molar-refractivity contribution in [1.29, 1.82) is 0 Å². The van der Waals surface area contributed by atoms with Gasteiger partial charge >= 0.3 is 11.9 Å². The van der Waals surface area contributed by atoms with Crippen LogP contribution in [0.25, 0.3) is 0 Å². The Kier molecular flexibility index (Phi) is 5.21. The maximum Gasteiger partial charge on any atom is 0.337 e. The predicted molar refractivity (Wildman–Crippen MR) is 94.4 cm³/mol. The van der Waals surface area contributed by atoms with E-state index in [4.69, 9.17) is 9.47 Å². The second-order valence-corrected chi connectivity index (χ2v) is 5.67. The van der Waals surface area contributed by atoms with Crippen molar-refractivity contribution in [3.05, 3.63) is 58.1 Å². The summed E-state index contributed by atoms with van der Waals surface area (Å²) in [6, 6.07) is 9.43. The molecule has 0 atom stereocenters. The van der Waals surface area contributed by atoms with Gasteiger partial charge in [-0.3, -0.25) is 19.8 Å². The van der Waals surface area contributed by atoms with E-state index in [2.05, 4.69) is 4.74 Å². The molecule has 0 radical (unpaired) electrons. The van der Waals surface area contributed by atoms with E-state index in [1.165, 1.54) is 43.5 Å². The number of fused-ring (bicyclic) bond motifs is 1.